The molecule has 21 heavy (non-hydrogen) atoms. The van der Waals surface area contributed by atoms with Crippen molar-refractivity contribution in [1.82, 2.24) is 7.76 Å². The molecular weight excluding hydrogens is 371 g/mol. The summed E-state index contributed by atoms with van der Waals surface area (Å²) < 4.78 is 3.75. The molecule has 0 radical (unpaired) electrons. The average molecular weight is 401 g/mol. The third kappa shape index (κ3) is 4.97. The quantitative estimate of drug-likeness (QED) is 0.405. The molecule has 1 aromatic heterocycles. The zero-order chi connectivity index (χ0) is 14.3. The summed E-state index contributed by atoms with van der Waals surface area (Å²) in [6.07, 6.45) is 22.8. The molecule has 0 N–H and O–H groups in total. The summed E-state index contributed by atoms with van der Waals surface area (Å²) in [5.74, 6) is 3.25. The molecule has 0 bridgehead atoms. The Labute approximate surface area is 140 Å². The van der Waals surface area contributed by atoms with Crippen molar-refractivity contribution in [2.24, 2.45) is 17.8 Å². The molecule has 2 nitrogen and oxygen atoms in total. The van der Waals surface area contributed by atoms with Gasteiger partial charge in [0.05, 0.1) is 0 Å². The maximum absolute atomic E-state index is 4.13. The fraction of sp³-hybridized carbons (Fsp3) is 0.833. The van der Waals surface area contributed by atoms with E-state index in [2.05, 4.69) is 14.0 Å². The Morgan fingerprint density at radius 2 is 1.71 bits per heavy atom. The summed E-state index contributed by atoms with van der Waals surface area (Å²) in [5.41, 5.74) is 0. The van der Waals surface area contributed by atoms with Crippen LogP contribution in [-0.2, 0) is 0 Å². The van der Waals surface area contributed by atoms with Gasteiger partial charge in [0, 0.05) is 0 Å². The van der Waals surface area contributed by atoms with Gasteiger partial charge in [0.25, 0.3) is 0 Å². The predicted octanol–water partition coefficient (Wildman–Crippen LogP) is 1.90. The molecule has 0 spiro atoms. The van der Waals surface area contributed by atoms with Crippen molar-refractivity contribution in [3.63, 3.8) is 0 Å². The van der Waals surface area contributed by atoms with Crippen molar-refractivity contribution < 1.29 is 21.5 Å². The van der Waals surface area contributed by atoms with Crippen molar-refractivity contribution in [2.75, 3.05) is 4.43 Å². The third-order valence-electron chi connectivity index (χ3n) is 5.65. The number of nitrogens with zero attached hydrogens (tertiary/aromatic N) is 2. The Morgan fingerprint density at radius 1 is 0.952 bits per heavy atom. The van der Waals surface area contributed by atoms with E-state index in [-0.39, 0.29) is 21.5 Å². The number of imidazole rings is 1. The molecule has 2 saturated carbocycles. The fourth-order valence-corrected chi connectivity index (χ4v) is 6.42. The number of alkyl halides is 1. The first-order chi connectivity index (χ1) is 10.4. The van der Waals surface area contributed by atoms with Gasteiger partial charge >= 0.3 is 141 Å². The second-order valence-electron chi connectivity index (χ2n) is 7.04. The molecule has 3 heteroatoms. The Hall–Kier alpha value is -0.0600. The fourth-order valence-electron chi connectivity index (χ4n) is 4.39. The third-order valence-corrected chi connectivity index (χ3v) is 8.25. The topological polar surface area (TPSA) is 17.8 Å². The molecule has 120 valence electrons. The van der Waals surface area contributed by atoms with Crippen LogP contribution < -0.4 is 21.5 Å². The van der Waals surface area contributed by atoms with E-state index in [1.807, 2.05) is 12.5 Å². The van der Waals surface area contributed by atoms with E-state index < -0.39 is 0 Å². The van der Waals surface area contributed by atoms with Gasteiger partial charge in [0.1, 0.15) is 0 Å². The first-order valence-corrected chi connectivity index (χ1v) is 11.5. The zero-order valence-corrected chi connectivity index (χ0v) is 15.4. The number of aromatic nitrogens is 2. The number of halogens is 1. The molecule has 1 aromatic rings. The molecule has 0 unspecified atom stereocenters. The van der Waals surface area contributed by atoms with E-state index >= 15 is 0 Å². The molecule has 0 saturated heterocycles. The van der Waals surface area contributed by atoms with Gasteiger partial charge in [-0.15, -0.1) is 0 Å². The molecule has 2 aliphatic carbocycles. The van der Waals surface area contributed by atoms with Crippen molar-refractivity contribution in [3.8, 4) is 0 Å². The summed E-state index contributed by atoms with van der Waals surface area (Å²) in [6, 6.07) is 0. The molecule has 3 rings (SSSR count). The van der Waals surface area contributed by atoms with Gasteiger partial charge in [-0.3, -0.25) is 0 Å². The van der Waals surface area contributed by atoms with Crippen LogP contribution in [0.1, 0.15) is 70.6 Å². The molecule has 0 amide bonds. The van der Waals surface area contributed by atoms with E-state index in [9.17, 15) is 0 Å². The molecule has 2 fully saturated rings. The van der Waals surface area contributed by atoms with Crippen LogP contribution in [0.25, 0.3) is 0 Å². The second-order valence-corrected chi connectivity index (χ2v) is 9.91. The number of rotatable bonds is 6. The Kier molecular flexibility index (Phi) is 6.43. The molecule has 0 aromatic carbocycles. The normalized spacial score (nSPS) is 28.0. The number of hydrogen-bond donors (Lipinski definition) is 0. The van der Waals surface area contributed by atoms with Crippen LogP contribution in [0.15, 0.2) is 18.7 Å². The van der Waals surface area contributed by atoms with Crippen molar-refractivity contribution in [1.29, 1.82) is 0 Å². The van der Waals surface area contributed by atoms with E-state index in [0.29, 0.717) is 0 Å². The first-order valence-electron chi connectivity index (χ1n) is 8.99. The van der Waals surface area contributed by atoms with Gasteiger partial charge < -0.3 is 0 Å². The van der Waals surface area contributed by atoms with Crippen LogP contribution in [0.2, 0.25) is 0 Å². The average Bonchev–Trinajstić information content (AvgIpc) is 3.06. The van der Waals surface area contributed by atoms with Gasteiger partial charge in [0.15, 0.2) is 0 Å². The Morgan fingerprint density at radius 3 is 2.43 bits per heavy atom. The van der Waals surface area contributed by atoms with Crippen LogP contribution in [0.5, 0.6) is 0 Å². The van der Waals surface area contributed by atoms with Crippen LogP contribution in [0.3, 0.4) is 0 Å². The van der Waals surface area contributed by atoms with Gasteiger partial charge in [-0.25, -0.2) is 0 Å². The van der Waals surface area contributed by atoms with Gasteiger partial charge in [-0.05, 0) is 0 Å². The van der Waals surface area contributed by atoms with Crippen LogP contribution in [0.4, 0.5) is 0 Å². The molecular formula is C18H30IN2-. The SMILES string of the molecule is c1cn([I-]CCCC2CCC(C3CCCCC3)CC2)cn1. The molecule has 0 atom stereocenters. The van der Waals surface area contributed by atoms with Gasteiger partial charge in [-0.2, -0.15) is 0 Å². The van der Waals surface area contributed by atoms with Crippen molar-refractivity contribution >= 4 is 0 Å². The van der Waals surface area contributed by atoms with Gasteiger partial charge in [-0.1, -0.05) is 0 Å². The molecule has 2 aliphatic rings. The monoisotopic (exact) mass is 401 g/mol. The Balaban J connectivity index is 1.28. The maximum atomic E-state index is 4.13. The van der Waals surface area contributed by atoms with E-state index in [1.54, 1.807) is 25.7 Å². The zero-order valence-electron chi connectivity index (χ0n) is 13.2. The minimum absolute atomic E-state index is 0.170. The molecule has 1 heterocycles. The van der Waals surface area contributed by atoms with Crippen LogP contribution >= 0.6 is 0 Å². The van der Waals surface area contributed by atoms with E-state index in [0.717, 1.165) is 17.8 Å². The predicted molar refractivity (Wildman–Crippen MR) is 83.7 cm³/mol. The molecule has 0 aliphatic heterocycles. The van der Waals surface area contributed by atoms with E-state index in [1.165, 1.54) is 49.4 Å². The summed E-state index contributed by atoms with van der Waals surface area (Å²) in [5, 5.41) is 0. The minimum atomic E-state index is 0.170. The Bertz CT molecular complexity index is 376. The summed E-state index contributed by atoms with van der Waals surface area (Å²) >= 11 is 0.170. The van der Waals surface area contributed by atoms with Crippen LogP contribution in [-0.4, -0.2) is 12.2 Å². The summed E-state index contributed by atoms with van der Waals surface area (Å²) in [6.45, 7) is 0. The first kappa shape index (κ1) is 15.8. The summed E-state index contributed by atoms with van der Waals surface area (Å²) in [4.78, 5) is 4.13. The number of hydrogen-bond acceptors (Lipinski definition) is 1. The van der Waals surface area contributed by atoms with E-state index in [4.69, 9.17) is 0 Å². The van der Waals surface area contributed by atoms with Crippen molar-refractivity contribution in [3.05, 3.63) is 18.7 Å². The summed E-state index contributed by atoms with van der Waals surface area (Å²) in [7, 11) is 0. The van der Waals surface area contributed by atoms with Gasteiger partial charge in [0.2, 0.25) is 0 Å². The van der Waals surface area contributed by atoms with Crippen LogP contribution in [0, 0.1) is 17.8 Å². The van der Waals surface area contributed by atoms with Crippen molar-refractivity contribution in [2.45, 2.75) is 70.6 Å². The second kappa shape index (κ2) is 8.54. The standard InChI is InChI=1S/C18H30IN2/c1-2-6-17(7-3-1)18-10-8-16(9-11-18)5-4-12-19-21-14-13-20-15-21/h13-18H,1-12H2/q-1.